The summed E-state index contributed by atoms with van der Waals surface area (Å²) in [5.41, 5.74) is 18.0. The van der Waals surface area contributed by atoms with E-state index in [1.54, 1.807) is 5.57 Å². The van der Waals surface area contributed by atoms with Gasteiger partial charge in [0.25, 0.3) is 0 Å². The molecule has 9 aromatic rings. The molecule has 2 heterocycles. The number of aromatic nitrogens is 2. The summed E-state index contributed by atoms with van der Waals surface area (Å²) in [4.78, 5) is 0. The Labute approximate surface area is 332 Å². The molecule has 2 heteroatoms. The highest BCUT2D eigenvalue weighted by Crippen LogP contribution is 2.50. The van der Waals surface area contributed by atoms with Crippen LogP contribution >= 0.6 is 0 Å². The lowest BCUT2D eigenvalue weighted by Gasteiger charge is -2.37. The first-order valence-corrected chi connectivity index (χ1v) is 20.3. The summed E-state index contributed by atoms with van der Waals surface area (Å²) in [6.45, 7) is 2.35. The van der Waals surface area contributed by atoms with Gasteiger partial charge in [-0.3, -0.25) is 0 Å². The lowest BCUT2D eigenvalue weighted by Crippen LogP contribution is -2.21. The summed E-state index contributed by atoms with van der Waals surface area (Å²) in [5, 5.41) is 5.03. The summed E-state index contributed by atoms with van der Waals surface area (Å²) >= 11 is 0. The van der Waals surface area contributed by atoms with Crippen LogP contribution in [0.5, 0.6) is 0 Å². The zero-order chi connectivity index (χ0) is 37.6. The number of fused-ring (bicyclic) bond motifs is 11. The van der Waals surface area contributed by atoms with Crippen LogP contribution in [0.2, 0.25) is 0 Å². The number of hydrogen-bond acceptors (Lipinski definition) is 0. The minimum absolute atomic E-state index is 0.309. The monoisotopic (exact) mass is 728 g/mol. The van der Waals surface area contributed by atoms with Crippen molar-refractivity contribution in [2.45, 2.75) is 25.2 Å². The fourth-order valence-corrected chi connectivity index (χ4v) is 10.2. The van der Waals surface area contributed by atoms with Crippen molar-refractivity contribution >= 4 is 43.6 Å². The summed E-state index contributed by atoms with van der Waals surface area (Å²) in [7, 11) is 0. The number of rotatable bonds is 4. The molecule has 0 amide bonds. The Balaban J connectivity index is 1.11. The smallest absolute Gasteiger partial charge is 0.0548 e. The van der Waals surface area contributed by atoms with Gasteiger partial charge in [0.15, 0.2) is 0 Å². The van der Waals surface area contributed by atoms with Crippen molar-refractivity contribution in [3.05, 3.63) is 216 Å². The predicted molar refractivity (Wildman–Crippen MR) is 240 cm³/mol. The van der Waals surface area contributed by atoms with E-state index < -0.39 is 0 Å². The molecule has 0 saturated heterocycles. The molecule has 270 valence electrons. The van der Waals surface area contributed by atoms with Gasteiger partial charge in [-0.1, -0.05) is 152 Å². The van der Waals surface area contributed by atoms with Crippen LogP contribution in [0.15, 0.2) is 205 Å². The van der Waals surface area contributed by atoms with Crippen molar-refractivity contribution in [3.63, 3.8) is 0 Å². The SMILES string of the molecule is CC1C=CC2C(=C3C=CC=CC3c3ccc(-n4c5ccccc5c5cc6c(cc54)c4ccccc4n6-c4cc(-c5ccccc5)cc(-c5ccccc5)c4)cc32)C1. The molecule has 57 heavy (non-hydrogen) atoms. The van der Waals surface area contributed by atoms with E-state index in [0.29, 0.717) is 17.8 Å². The maximum Gasteiger partial charge on any atom is 0.0548 e. The first kappa shape index (κ1) is 32.4. The van der Waals surface area contributed by atoms with Gasteiger partial charge in [-0.25, -0.2) is 0 Å². The van der Waals surface area contributed by atoms with Crippen LogP contribution in [0.1, 0.15) is 36.3 Å². The Morgan fingerprint density at radius 2 is 1.02 bits per heavy atom. The average Bonchev–Trinajstić information content (AvgIpc) is 3.78. The number of nitrogens with zero attached hydrogens (tertiary/aromatic N) is 2. The molecule has 3 unspecified atom stereocenters. The van der Waals surface area contributed by atoms with Crippen molar-refractivity contribution in [3.8, 4) is 33.6 Å². The zero-order valence-electron chi connectivity index (χ0n) is 31.8. The molecule has 2 aromatic heterocycles. The van der Waals surface area contributed by atoms with E-state index >= 15 is 0 Å². The quantitative estimate of drug-likeness (QED) is 0.160. The maximum atomic E-state index is 2.52. The fourth-order valence-electron chi connectivity index (χ4n) is 10.2. The molecule has 0 bridgehead atoms. The summed E-state index contributed by atoms with van der Waals surface area (Å²) < 4.78 is 5.01. The van der Waals surface area contributed by atoms with E-state index in [9.17, 15) is 0 Å². The summed E-state index contributed by atoms with van der Waals surface area (Å²) in [6.07, 6.45) is 15.2. The van der Waals surface area contributed by atoms with Gasteiger partial charge >= 0.3 is 0 Å². The lowest BCUT2D eigenvalue weighted by molar-refractivity contribution is 0.631. The van der Waals surface area contributed by atoms with Crippen LogP contribution in [0.25, 0.3) is 77.2 Å². The molecule has 3 aliphatic carbocycles. The molecule has 2 nitrogen and oxygen atoms in total. The van der Waals surface area contributed by atoms with Crippen molar-refractivity contribution < 1.29 is 0 Å². The first-order valence-electron chi connectivity index (χ1n) is 20.3. The zero-order valence-corrected chi connectivity index (χ0v) is 31.8. The molecule has 3 atom stereocenters. The lowest BCUT2D eigenvalue weighted by atomic mass is 9.67. The highest BCUT2D eigenvalue weighted by Gasteiger charge is 2.34. The van der Waals surface area contributed by atoms with Crippen LogP contribution in [0.4, 0.5) is 0 Å². The van der Waals surface area contributed by atoms with Crippen LogP contribution in [0, 0.1) is 5.92 Å². The largest absolute Gasteiger partial charge is 0.309 e. The maximum absolute atomic E-state index is 2.52. The normalized spacial score (nSPS) is 18.4. The van der Waals surface area contributed by atoms with Gasteiger partial charge in [0.2, 0.25) is 0 Å². The Morgan fingerprint density at radius 3 is 1.67 bits per heavy atom. The number of benzene rings is 7. The van der Waals surface area contributed by atoms with Crippen molar-refractivity contribution in [2.75, 3.05) is 0 Å². The number of allylic oxidation sites excluding steroid dienone is 8. The highest BCUT2D eigenvalue weighted by molar-refractivity contribution is 6.19. The average molecular weight is 729 g/mol. The molecule has 0 saturated carbocycles. The second-order valence-corrected chi connectivity index (χ2v) is 16.2. The van der Waals surface area contributed by atoms with Crippen molar-refractivity contribution in [2.24, 2.45) is 5.92 Å². The molecule has 0 aliphatic heterocycles. The van der Waals surface area contributed by atoms with E-state index in [4.69, 9.17) is 0 Å². The molecule has 0 radical (unpaired) electrons. The molecule has 0 spiro atoms. The second kappa shape index (κ2) is 12.6. The Bertz CT molecular complexity index is 3160. The van der Waals surface area contributed by atoms with E-state index in [1.807, 2.05) is 0 Å². The molecule has 7 aromatic carbocycles. The minimum atomic E-state index is 0.309. The number of hydrogen-bond donors (Lipinski definition) is 0. The van der Waals surface area contributed by atoms with Crippen molar-refractivity contribution in [1.29, 1.82) is 0 Å². The first-order chi connectivity index (χ1) is 28.2. The summed E-state index contributed by atoms with van der Waals surface area (Å²) in [5.74, 6) is 1.18. The van der Waals surface area contributed by atoms with Gasteiger partial charge in [-0.05, 0) is 106 Å². The van der Waals surface area contributed by atoms with Gasteiger partial charge in [-0.15, -0.1) is 0 Å². The molecule has 3 aliphatic rings. The van der Waals surface area contributed by atoms with Gasteiger partial charge < -0.3 is 9.13 Å². The summed E-state index contributed by atoms with van der Waals surface area (Å²) in [6, 6.07) is 58.7. The van der Waals surface area contributed by atoms with E-state index in [1.165, 1.54) is 88.3 Å². The Kier molecular flexibility index (Phi) is 7.13. The fraction of sp³-hybridized carbons (Fsp3) is 0.0909. The van der Waals surface area contributed by atoms with Crippen LogP contribution in [-0.2, 0) is 0 Å². The standard InChI is InChI=1S/C55H40N2/c1-35-24-26-45-48(28-35)43-19-9-8-18-42(43)44-27-25-40(32-49(44)45)56-52-22-12-10-20-46(52)50-34-55-51(33-54(50)56)47-21-11-13-23-53(47)57(55)41-30-38(36-14-4-2-5-15-36)29-39(31-41)37-16-6-3-7-17-37/h2-27,29-35,42,45H,28H2,1H3. The van der Waals surface area contributed by atoms with Crippen LogP contribution in [-0.4, -0.2) is 9.13 Å². The van der Waals surface area contributed by atoms with Crippen LogP contribution in [0.3, 0.4) is 0 Å². The highest BCUT2D eigenvalue weighted by atomic mass is 15.0. The van der Waals surface area contributed by atoms with E-state index in [0.717, 1.165) is 12.1 Å². The molecule has 12 rings (SSSR count). The molecule has 0 N–H and O–H groups in total. The molecule has 0 fully saturated rings. The topological polar surface area (TPSA) is 9.86 Å². The minimum Gasteiger partial charge on any atom is -0.309 e. The van der Waals surface area contributed by atoms with E-state index in [2.05, 4.69) is 210 Å². The Morgan fingerprint density at radius 1 is 0.421 bits per heavy atom. The van der Waals surface area contributed by atoms with Gasteiger partial charge in [0, 0.05) is 44.8 Å². The molecular formula is C55H40N2. The van der Waals surface area contributed by atoms with Crippen molar-refractivity contribution in [1.82, 2.24) is 9.13 Å². The van der Waals surface area contributed by atoms with Gasteiger partial charge in [0.05, 0.1) is 22.1 Å². The molecular weight excluding hydrogens is 689 g/mol. The third-order valence-corrected chi connectivity index (χ3v) is 12.8. The third-order valence-electron chi connectivity index (χ3n) is 12.8. The third kappa shape index (κ3) is 4.97. The second-order valence-electron chi connectivity index (χ2n) is 16.2. The van der Waals surface area contributed by atoms with Gasteiger partial charge in [0.1, 0.15) is 0 Å². The predicted octanol–water partition coefficient (Wildman–Crippen LogP) is 14.4. The van der Waals surface area contributed by atoms with E-state index in [-0.39, 0.29) is 0 Å². The number of para-hydroxylation sites is 2. The van der Waals surface area contributed by atoms with Gasteiger partial charge in [-0.2, -0.15) is 0 Å². The van der Waals surface area contributed by atoms with Crippen LogP contribution < -0.4 is 0 Å². The Hall–Kier alpha value is -6.90.